The summed E-state index contributed by atoms with van der Waals surface area (Å²) in [7, 11) is 1.53. The second kappa shape index (κ2) is 7.82. The van der Waals surface area contributed by atoms with Crippen LogP contribution >= 0.6 is 0 Å². The quantitative estimate of drug-likeness (QED) is 0.623. The fourth-order valence-corrected chi connectivity index (χ4v) is 5.92. The molecule has 1 spiro atoms. The molecule has 3 heterocycles. The minimum absolute atomic E-state index is 0.219. The largest absolute Gasteiger partial charge is 0.496 e. The van der Waals surface area contributed by atoms with Gasteiger partial charge in [0, 0.05) is 31.0 Å². The molecule has 1 aromatic carbocycles. The highest BCUT2D eigenvalue weighted by molar-refractivity contribution is 6.06. The van der Waals surface area contributed by atoms with Crippen LogP contribution in [0.3, 0.4) is 0 Å². The third kappa shape index (κ3) is 3.35. The maximum Gasteiger partial charge on any atom is 0.315 e. The lowest BCUT2D eigenvalue weighted by molar-refractivity contribution is -0.136. The van der Waals surface area contributed by atoms with Gasteiger partial charge in [0.05, 0.1) is 12.7 Å². The number of hydrogen-bond acceptors (Lipinski definition) is 8. The predicted octanol–water partition coefficient (Wildman–Crippen LogP) is 2.50. The molecule has 2 aliphatic heterocycles. The normalized spacial score (nSPS) is 23.4. The minimum atomic E-state index is -0.661. The minimum Gasteiger partial charge on any atom is -0.496 e. The summed E-state index contributed by atoms with van der Waals surface area (Å²) in [6, 6.07) is 3.47. The van der Waals surface area contributed by atoms with Crippen LogP contribution in [0.4, 0.5) is 6.01 Å². The molecule has 1 saturated heterocycles. The van der Waals surface area contributed by atoms with Crippen LogP contribution in [0.5, 0.6) is 5.75 Å². The maximum absolute atomic E-state index is 13.2. The first-order chi connectivity index (χ1) is 16.5. The van der Waals surface area contributed by atoms with Crippen LogP contribution < -0.4 is 15.4 Å². The van der Waals surface area contributed by atoms with E-state index in [0.29, 0.717) is 54.1 Å². The van der Waals surface area contributed by atoms with Crippen LogP contribution in [0.1, 0.15) is 78.2 Å². The Bertz CT molecular complexity index is 1180. The number of aromatic nitrogens is 2. The zero-order valence-electron chi connectivity index (χ0n) is 19.1. The van der Waals surface area contributed by atoms with Crippen molar-refractivity contribution in [1.29, 1.82) is 0 Å². The van der Waals surface area contributed by atoms with Gasteiger partial charge in [0.1, 0.15) is 11.8 Å². The van der Waals surface area contributed by atoms with Gasteiger partial charge in [-0.1, -0.05) is 23.7 Å². The summed E-state index contributed by atoms with van der Waals surface area (Å²) in [5.74, 6) is 0.513. The number of ether oxygens (including phenoxy) is 1. The molecule has 1 unspecified atom stereocenters. The number of nitrogens with one attached hydrogen (secondary N) is 2. The SMILES string of the molecule is COc1c(CNc2nnc(C3CC4(CCC4)C3)o2)ccc2c1C(=O)N(C1CCC(=O)NC1=O)C2. The van der Waals surface area contributed by atoms with E-state index in [1.807, 2.05) is 12.1 Å². The van der Waals surface area contributed by atoms with E-state index in [9.17, 15) is 14.4 Å². The van der Waals surface area contributed by atoms with E-state index in [1.165, 1.54) is 31.3 Å². The number of piperidine rings is 1. The van der Waals surface area contributed by atoms with Gasteiger partial charge in [-0.2, -0.15) is 0 Å². The van der Waals surface area contributed by atoms with E-state index in [1.54, 1.807) is 0 Å². The molecule has 2 aliphatic carbocycles. The van der Waals surface area contributed by atoms with Crippen molar-refractivity contribution in [2.75, 3.05) is 12.4 Å². The van der Waals surface area contributed by atoms with Gasteiger partial charge in [0.2, 0.25) is 17.7 Å². The molecule has 0 bridgehead atoms. The van der Waals surface area contributed by atoms with Crippen molar-refractivity contribution in [3.05, 3.63) is 34.7 Å². The van der Waals surface area contributed by atoms with Crippen molar-refractivity contribution in [1.82, 2.24) is 20.4 Å². The van der Waals surface area contributed by atoms with Gasteiger partial charge < -0.3 is 19.4 Å². The van der Waals surface area contributed by atoms with Crippen LogP contribution in [-0.2, 0) is 22.7 Å². The van der Waals surface area contributed by atoms with Gasteiger partial charge >= 0.3 is 6.01 Å². The molecule has 6 rings (SSSR count). The molecule has 4 aliphatic rings. The molecule has 2 aromatic rings. The number of carbonyl (C=O) groups excluding carboxylic acids is 3. The van der Waals surface area contributed by atoms with Gasteiger partial charge in [-0.05, 0) is 43.1 Å². The van der Waals surface area contributed by atoms with Gasteiger partial charge in [-0.25, -0.2) is 0 Å². The summed E-state index contributed by atoms with van der Waals surface area (Å²) in [5, 5.41) is 13.8. The fraction of sp³-hybridized carbons (Fsp3) is 0.542. The first kappa shape index (κ1) is 21.1. The van der Waals surface area contributed by atoms with E-state index in [0.717, 1.165) is 24.0 Å². The predicted molar refractivity (Wildman–Crippen MR) is 119 cm³/mol. The summed E-state index contributed by atoms with van der Waals surface area (Å²) in [5.41, 5.74) is 2.57. The lowest BCUT2D eigenvalue weighted by Crippen LogP contribution is -2.52. The number of amides is 3. The van der Waals surface area contributed by atoms with Crippen LogP contribution in [-0.4, -0.2) is 46.0 Å². The smallest absolute Gasteiger partial charge is 0.315 e. The number of fused-ring (bicyclic) bond motifs is 1. The molecule has 10 heteroatoms. The van der Waals surface area contributed by atoms with E-state index in [4.69, 9.17) is 9.15 Å². The highest BCUT2D eigenvalue weighted by atomic mass is 16.5. The van der Waals surface area contributed by atoms with Crippen LogP contribution in [0.2, 0.25) is 0 Å². The third-order valence-corrected chi connectivity index (χ3v) is 7.92. The number of benzene rings is 1. The van der Waals surface area contributed by atoms with Crippen molar-refractivity contribution in [3.63, 3.8) is 0 Å². The van der Waals surface area contributed by atoms with E-state index in [2.05, 4.69) is 20.8 Å². The van der Waals surface area contributed by atoms with E-state index < -0.39 is 11.9 Å². The number of carbonyl (C=O) groups is 3. The van der Waals surface area contributed by atoms with Crippen molar-refractivity contribution < 1.29 is 23.5 Å². The molecule has 10 nitrogen and oxygen atoms in total. The van der Waals surface area contributed by atoms with Crippen LogP contribution in [0.25, 0.3) is 0 Å². The highest BCUT2D eigenvalue weighted by Gasteiger charge is 2.50. The molecular formula is C24H27N5O5. The summed E-state index contributed by atoms with van der Waals surface area (Å²) >= 11 is 0. The van der Waals surface area contributed by atoms with Crippen LogP contribution in [0, 0.1) is 5.41 Å². The number of rotatable bonds is 6. The molecule has 34 heavy (non-hydrogen) atoms. The molecule has 1 aromatic heterocycles. The Labute approximate surface area is 196 Å². The van der Waals surface area contributed by atoms with E-state index >= 15 is 0 Å². The Morgan fingerprint density at radius 1 is 1.24 bits per heavy atom. The van der Waals surface area contributed by atoms with Crippen molar-refractivity contribution >= 4 is 23.7 Å². The number of hydrogen-bond donors (Lipinski definition) is 2. The topological polar surface area (TPSA) is 127 Å². The first-order valence-electron chi connectivity index (χ1n) is 11.9. The molecule has 0 radical (unpaired) electrons. The number of anilines is 1. The van der Waals surface area contributed by atoms with E-state index in [-0.39, 0.29) is 18.2 Å². The van der Waals surface area contributed by atoms with Gasteiger partial charge in [-0.15, -0.1) is 5.10 Å². The van der Waals surface area contributed by atoms with Gasteiger partial charge in [0.25, 0.3) is 5.91 Å². The molecule has 178 valence electrons. The summed E-state index contributed by atoms with van der Waals surface area (Å²) in [6.45, 7) is 0.652. The highest BCUT2D eigenvalue weighted by Crippen LogP contribution is 2.61. The van der Waals surface area contributed by atoms with Crippen LogP contribution in [0.15, 0.2) is 16.5 Å². The standard InChI is InChI=1S/C24H27N5O5/c1-33-19-13(11-25-23-28-27-21(34-23)15-9-24(10-15)7-2-8-24)3-4-14-12-29(22(32)18(14)19)16-5-6-17(30)26-20(16)31/h3-4,15-16H,2,5-12H2,1H3,(H,25,28)(H,26,30,31). The number of imide groups is 1. The average Bonchev–Trinajstić information content (AvgIpc) is 3.35. The molecule has 1 atom stereocenters. The summed E-state index contributed by atoms with van der Waals surface area (Å²) in [6.07, 6.45) is 6.79. The van der Waals surface area contributed by atoms with Gasteiger partial charge in [-0.3, -0.25) is 19.7 Å². The maximum atomic E-state index is 13.2. The Hall–Kier alpha value is -3.43. The van der Waals surface area contributed by atoms with Crippen molar-refractivity contribution in [2.45, 2.75) is 70.0 Å². The third-order valence-electron chi connectivity index (χ3n) is 7.92. The Balaban J connectivity index is 1.15. The Morgan fingerprint density at radius 2 is 2.06 bits per heavy atom. The number of nitrogens with zero attached hydrogens (tertiary/aromatic N) is 3. The number of methoxy groups -OCH3 is 1. The molecule has 2 saturated carbocycles. The second-order valence-electron chi connectivity index (χ2n) is 9.95. The summed E-state index contributed by atoms with van der Waals surface area (Å²) in [4.78, 5) is 38.6. The van der Waals surface area contributed by atoms with Crippen molar-refractivity contribution in [2.24, 2.45) is 5.41 Å². The fourth-order valence-electron chi connectivity index (χ4n) is 5.92. The zero-order chi connectivity index (χ0) is 23.4. The lowest BCUT2D eigenvalue weighted by Gasteiger charge is -2.53. The molecule has 3 amide bonds. The molecular weight excluding hydrogens is 438 g/mol. The Kier molecular flexibility index (Phi) is 4.86. The van der Waals surface area contributed by atoms with Gasteiger partial charge in [0.15, 0.2) is 0 Å². The lowest BCUT2D eigenvalue weighted by atomic mass is 9.52. The monoisotopic (exact) mass is 465 g/mol. The average molecular weight is 466 g/mol. The molecule has 3 fully saturated rings. The summed E-state index contributed by atoms with van der Waals surface area (Å²) < 4.78 is 11.5. The molecule has 2 N–H and O–H groups in total. The first-order valence-corrected chi connectivity index (χ1v) is 11.9. The second-order valence-corrected chi connectivity index (χ2v) is 9.95. The van der Waals surface area contributed by atoms with Crippen molar-refractivity contribution in [3.8, 4) is 5.75 Å². The zero-order valence-corrected chi connectivity index (χ0v) is 19.1. The Morgan fingerprint density at radius 3 is 2.76 bits per heavy atom.